The van der Waals surface area contributed by atoms with Crippen molar-refractivity contribution in [1.82, 2.24) is 0 Å². The molecule has 0 N–H and O–H groups in total. The molecular weight excluding hydrogens is 258 g/mol. The maximum absolute atomic E-state index is 11.5. The average molecular weight is 270 g/mol. The minimum absolute atomic E-state index is 0.180. The number of carbonyl (C=O) groups excluding carboxylic acids is 2. The van der Waals surface area contributed by atoms with Gasteiger partial charge in [0.15, 0.2) is 0 Å². The van der Waals surface area contributed by atoms with E-state index >= 15 is 0 Å². The molecule has 0 fully saturated rings. The van der Waals surface area contributed by atoms with Gasteiger partial charge >= 0.3 is 11.9 Å². The maximum Gasteiger partial charge on any atom is 0.349 e. The molecule has 0 spiro atoms. The average Bonchev–Trinajstić information content (AvgIpc) is 2.36. The Kier molecular flexibility index (Phi) is 5.32. The molecule has 1 aromatic rings. The molecule has 0 aliphatic rings. The second-order valence-electron chi connectivity index (χ2n) is 3.14. The van der Waals surface area contributed by atoms with Crippen molar-refractivity contribution in [2.24, 2.45) is 4.99 Å². The Morgan fingerprint density at radius 3 is 2.78 bits per heavy atom. The summed E-state index contributed by atoms with van der Waals surface area (Å²) >= 11 is 5.92. The first kappa shape index (κ1) is 14.2. The lowest BCUT2D eigenvalue weighted by Gasteiger charge is -2.05. The zero-order valence-electron chi connectivity index (χ0n) is 9.97. The molecule has 96 valence electrons. The number of esters is 2. The Hall–Kier alpha value is -1.88. The molecular formula is C12H12ClNO4. The summed E-state index contributed by atoms with van der Waals surface area (Å²) in [5.74, 6) is -1.18. The van der Waals surface area contributed by atoms with Gasteiger partial charge in [-0.05, 0) is 19.1 Å². The summed E-state index contributed by atoms with van der Waals surface area (Å²) in [6.07, 6.45) is 0.969. The van der Waals surface area contributed by atoms with Gasteiger partial charge in [0.05, 0.1) is 30.0 Å². The third-order valence-electron chi connectivity index (χ3n) is 1.98. The number of methoxy groups -OCH3 is 1. The largest absolute Gasteiger partial charge is 0.465 e. The van der Waals surface area contributed by atoms with Crippen LogP contribution in [0.3, 0.4) is 0 Å². The molecule has 1 aromatic carbocycles. The lowest BCUT2D eigenvalue weighted by atomic mass is 10.2. The molecule has 0 aliphatic carbocycles. The number of hydrogen-bond donors (Lipinski definition) is 0. The molecule has 0 unspecified atom stereocenters. The summed E-state index contributed by atoms with van der Waals surface area (Å²) in [7, 11) is 1.25. The normalized spacial score (nSPS) is 10.4. The summed E-state index contributed by atoms with van der Waals surface area (Å²) in [6.45, 7) is 1.93. The standard InChI is InChI=1S/C12H12ClNO4/c1-3-18-10(15)7-14-11-8(12(16)17-2)5-4-6-9(11)13/h4-7H,3H2,1-2H3. The number of aliphatic imine (C=N–C) groups is 1. The Bertz CT molecular complexity index is 485. The Morgan fingerprint density at radius 1 is 1.44 bits per heavy atom. The van der Waals surface area contributed by atoms with Crippen LogP contribution in [0.5, 0.6) is 0 Å². The molecule has 18 heavy (non-hydrogen) atoms. The van der Waals surface area contributed by atoms with Crippen molar-refractivity contribution in [2.45, 2.75) is 6.92 Å². The van der Waals surface area contributed by atoms with E-state index in [0.29, 0.717) is 0 Å². The van der Waals surface area contributed by atoms with E-state index in [-0.39, 0.29) is 22.9 Å². The fraction of sp³-hybridized carbons (Fsp3) is 0.250. The van der Waals surface area contributed by atoms with Gasteiger partial charge < -0.3 is 9.47 Å². The van der Waals surface area contributed by atoms with Crippen molar-refractivity contribution < 1.29 is 19.1 Å². The number of ether oxygens (including phenoxy) is 2. The summed E-state index contributed by atoms with van der Waals surface area (Å²) in [5, 5.41) is 0.249. The van der Waals surface area contributed by atoms with Crippen LogP contribution in [-0.2, 0) is 14.3 Å². The van der Waals surface area contributed by atoms with Crippen LogP contribution in [0.2, 0.25) is 5.02 Å². The molecule has 6 heteroatoms. The maximum atomic E-state index is 11.5. The minimum Gasteiger partial charge on any atom is -0.465 e. The monoisotopic (exact) mass is 269 g/mol. The molecule has 0 bridgehead atoms. The van der Waals surface area contributed by atoms with E-state index in [4.69, 9.17) is 11.6 Å². The molecule has 5 nitrogen and oxygen atoms in total. The van der Waals surface area contributed by atoms with Crippen LogP contribution in [0.4, 0.5) is 5.69 Å². The highest BCUT2D eigenvalue weighted by molar-refractivity contribution is 6.34. The van der Waals surface area contributed by atoms with E-state index in [1.165, 1.54) is 13.2 Å². The van der Waals surface area contributed by atoms with Gasteiger partial charge in [-0.25, -0.2) is 14.6 Å². The zero-order valence-corrected chi connectivity index (χ0v) is 10.7. The molecule has 1 rings (SSSR count). The van der Waals surface area contributed by atoms with Gasteiger partial charge in [0, 0.05) is 0 Å². The molecule has 0 aliphatic heterocycles. The van der Waals surface area contributed by atoms with Gasteiger partial charge in [-0.2, -0.15) is 0 Å². The van der Waals surface area contributed by atoms with Crippen molar-refractivity contribution >= 4 is 35.4 Å². The van der Waals surface area contributed by atoms with Crippen LogP contribution < -0.4 is 0 Å². The molecule has 0 amide bonds. The van der Waals surface area contributed by atoms with Crippen LogP contribution in [-0.4, -0.2) is 31.9 Å². The lowest BCUT2D eigenvalue weighted by molar-refractivity contribution is -0.134. The predicted molar refractivity (Wildman–Crippen MR) is 67.6 cm³/mol. The zero-order chi connectivity index (χ0) is 13.5. The number of nitrogens with zero attached hydrogens (tertiary/aromatic N) is 1. The second-order valence-corrected chi connectivity index (χ2v) is 3.55. The Labute approximate surface area is 109 Å². The summed E-state index contributed by atoms with van der Waals surface area (Å²) in [5.41, 5.74) is 0.365. The molecule has 0 aromatic heterocycles. The van der Waals surface area contributed by atoms with E-state index in [1.54, 1.807) is 19.1 Å². The topological polar surface area (TPSA) is 65.0 Å². The van der Waals surface area contributed by atoms with Gasteiger partial charge in [-0.1, -0.05) is 17.7 Å². The molecule has 0 radical (unpaired) electrons. The predicted octanol–water partition coefficient (Wildman–Crippen LogP) is 2.39. The van der Waals surface area contributed by atoms with Gasteiger partial charge in [0.2, 0.25) is 0 Å². The smallest absolute Gasteiger partial charge is 0.349 e. The summed E-state index contributed by atoms with van der Waals surface area (Å²) in [6, 6.07) is 4.67. The number of rotatable bonds is 4. The lowest BCUT2D eigenvalue weighted by Crippen LogP contribution is -2.05. The number of hydrogen-bond acceptors (Lipinski definition) is 5. The number of halogens is 1. The molecule has 0 heterocycles. The number of para-hydroxylation sites is 1. The fourth-order valence-corrected chi connectivity index (χ4v) is 1.44. The summed E-state index contributed by atoms with van der Waals surface area (Å²) in [4.78, 5) is 26.5. The van der Waals surface area contributed by atoms with Gasteiger partial charge in [0.1, 0.15) is 6.21 Å². The first-order valence-corrected chi connectivity index (χ1v) is 5.55. The van der Waals surface area contributed by atoms with Gasteiger partial charge in [-0.15, -0.1) is 0 Å². The minimum atomic E-state index is -0.603. The van der Waals surface area contributed by atoms with Crippen LogP contribution >= 0.6 is 11.6 Å². The highest BCUT2D eigenvalue weighted by Gasteiger charge is 2.13. The van der Waals surface area contributed by atoms with E-state index in [9.17, 15) is 9.59 Å². The fourth-order valence-electron chi connectivity index (χ4n) is 1.22. The van der Waals surface area contributed by atoms with E-state index in [2.05, 4.69) is 14.5 Å². The number of carbonyl (C=O) groups is 2. The van der Waals surface area contributed by atoms with Crippen molar-refractivity contribution in [3.63, 3.8) is 0 Å². The van der Waals surface area contributed by atoms with Crippen LogP contribution in [0.1, 0.15) is 17.3 Å². The van der Waals surface area contributed by atoms with Gasteiger partial charge in [-0.3, -0.25) is 0 Å². The van der Waals surface area contributed by atoms with E-state index in [1.807, 2.05) is 0 Å². The highest BCUT2D eigenvalue weighted by Crippen LogP contribution is 2.29. The van der Waals surface area contributed by atoms with E-state index in [0.717, 1.165) is 6.21 Å². The van der Waals surface area contributed by atoms with E-state index < -0.39 is 11.9 Å². The first-order chi connectivity index (χ1) is 8.60. The van der Waals surface area contributed by atoms with Crippen molar-refractivity contribution in [2.75, 3.05) is 13.7 Å². The van der Waals surface area contributed by atoms with Crippen molar-refractivity contribution in [3.8, 4) is 0 Å². The quantitative estimate of drug-likeness (QED) is 0.622. The molecule has 0 atom stereocenters. The van der Waals surface area contributed by atoms with Crippen molar-refractivity contribution in [3.05, 3.63) is 28.8 Å². The van der Waals surface area contributed by atoms with Crippen LogP contribution in [0.25, 0.3) is 0 Å². The molecule has 0 saturated carbocycles. The molecule has 0 saturated heterocycles. The van der Waals surface area contributed by atoms with Crippen LogP contribution in [0, 0.1) is 0 Å². The van der Waals surface area contributed by atoms with Crippen molar-refractivity contribution in [1.29, 1.82) is 0 Å². The second kappa shape index (κ2) is 6.76. The Balaban J connectivity index is 3.07. The third kappa shape index (κ3) is 3.56. The summed E-state index contributed by atoms with van der Waals surface area (Å²) < 4.78 is 9.28. The number of benzene rings is 1. The third-order valence-corrected chi connectivity index (χ3v) is 2.28. The SMILES string of the molecule is CCOC(=O)C=Nc1c(Cl)cccc1C(=O)OC. The highest BCUT2D eigenvalue weighted by atomic mass is 35.5. The van der Waals surface area contributed by atoms with Crippen LogP contribution in [0.15, 0.2) is 23.2 Å². The van der Waals surface area contributed by atoms with Gasteiger partial charge in [0.25, 0.3) is 0 Å². The first-order valence-electron chi connectivity index (χ1n) is 5.17. The Morgan fingerprint density at radius 2 is 2.17 bits per heavy atom.